The van der Waals surface area contributed by atoms with Gasteiger partial charge in [-0.25, -0.2) is 4.39 Å². The van der Waals surface area contributed by atoms with E-state index in [9.17, 15) is 18.8 Å². The second-order valence-electron chi connectivity index (χ2n) is 10.3. The molecule has 2 fully saturated rings. The fourth-order valence-corrected chi connectivity index (χ4v) is 5.43. The maximum absolute atomic E-state index is 13.7. The smallest absolute Gasteiger partial charge is 0.256 e. The average molecular weight is 559 g/mol. The van der Waals surface area contributed by atoms with Gasteiger partial charge < -0.3 is 24.8 Å². The molecule has 214 valence electrons. The number of benzene rings is 3. The summed E-state index contributed by atoms with van der Waals surface area (Å²) in [4.78, 5) is 45.7. The van der Waals surface area contributed by atoms with E-state index < -0.39 is 11.7 Å². The topological polar surface area (TPSA) is 82.2 Å². The molecule has 0 spiro atoms. The minimum Gasteiger partial charge on any atom is -0.378 e. The fraction of sp³-hybridized carbons (Fsp3) is 0.344. The Hall–Kier alpha value is -4.24. The van der Waals surface area contributed by atoms with Crippen LogP contribution in [0.5, 0.6) is 0 Å². The van der Waals surface area contributed by atoms with Crippen LogP contribution in [-0.2, 0) is 9.53 Å². The summed E-state index contributed by atoms with van der Waals surface area (Å²) >= 11 is 0. The van der Waals surface area contributed by atoms with Gasteiger partial charge in [0, 0.05) is 56.2 Å². The molecule has 41 heavy (non-hydrogen) atoms. The molecule has 0 bridgehead atoms. The zero-order chi connectivity index (χ0) is 28.8. The lowest BCUT2D eigenvalue weighted by Crippen LogP contribution is -2.50. The molecule has 1 N–H and O–H groups in total. The Morgan fingerprint density at radius 3 is 2.20 bits per heavy atom. The number of piperazine rings is 1. The van der Waals surface area contributed by atoms with Crippen molar-refractivity contribution < 1.29 is 23.5 Å². The zero-order valence-corrected chi connectivity index (χ0v) is 23.2. The predicted molar refractivity (Wildman–Crippen MR) is 156 cm³/mol. The van der Waals surface area contributed by atoms with Crippen molar-refractivity contribution in [2.24, 2.45) is 0 Å². The van der Waals surface area contributed by atoms with Crippen LogP contribution in [-0.4, -0.2) is 80.0 Å². The highest BCUT2D eigenvalue weighted by Gasteiger charge is 2.30. The quantitative estimate of drug-likeness (QED) is 0.465. The van der Waals surface area contributed by atoms with Gasteiger partial charge >= 0.3 is 0 Å². The van der Waals surface area contributed by atoms with Gasteiger partial charge in [0.15, 0.2) is 0 Å². The van der Waals surface area contributed by atoms with Crippen LogP contribution in [0.1, 0.15) is 45.5 Å². The lowest BCUT2D eigenvalue weighted by atomic mass is 9.94. The van der Waals surface area contributed by atoms with Crippen molar-refractivity contribution in [1.82, 2.24) is 9.80 Å². The molecule has 0 unspecified atom stereocenters. The summed E-state index contributed by atoms with van der Waals surface area (Å²) in [6.07, 6.45) is 0.729. The Morgan fingerprint density at radius 1 is 0.854 bits per heavy atom. The van der Waals surface area contributed by atoms with E-state index in [0.29, 0.717) is 69.3 Å². The second kappa shape index (κ2) is 13.0. The maximum Gasteiger partial charge on any atom is 0.256 e. The number of hydrogen-bond acceptors (Lipinski definition) is 5. The number of carbonyl (C=O) groups excluding carboxylic acids is 3. The summed E-state index contributed by atoms with van der Waals surface area (Å²) in [6, 6.07) is 20.5. The Kier molecular flexibility index (Phi) is 8.94. The van der Waals surface area contributed by atoms with Crippen molar-refractivity contribution in [2.75, 3.05) is 62.7 Å². The molecular weight excluding hydrogens is 523 g/mol. The van der Waals surface area contributed by atoms with Crippen molar-refractivity contribution in [3.63, 3.8) is 0 Å². The predicted octanol–water partition coefficient (Wildman–Crippen LogP) is 4.39. The zero-order valence-electron chi connectivity index (χ0n) is 23.2. The standard InChI is InChI=1S/C32H35FN4O4/c1-2-27(23-6-4-3-5-7-23)31(39)36-16-14-35(15-17-36)29-13-12-26(34-30(38)24-8-10-25(33)11-9-24)22-28(29)32(40)37-18-20-41-21-19-37/h3-13,22,27H,2,14-21H2,1H3,(H,34,38)/t27-/m0/s1. The number of rotatable bonds is 7. The van der Waals surface area contributed by atoms with Crippen LogP contribution in [0.15, 0.2) is 72.8 Å². The van der Waals surface area contributed by atoms with Crippen LogP contribution in [0.2, 0.25) is 0 Å². The highest BCUT2D eigenvalue weighted by molar-refractivity contribution is 6.06. The number of anilines is 2. The molecule has 3 aromatic carbocycles. The van der Waals surface area contributed by atoms with Gasteiger partial charge in [0.1, 0.15) is 5.82 Å². The first-order valence-electron chi connectivity index (χ1n) is 14.1. The van der Waals surface area contributed by atoms with Crippen LogP contribution in [0, 0.1) is 5.82 Å². The minimum atomic E-state index is -0.420. The maximum atomic E-state index is 13.7. The van der Waals surface area contributed by atoms with Crippen molar-refractivity contribution >= 4 is 29.1 Å². The Morgan fingerprint density at radius 2 is 1.54 bits per heavy atom. The van der Waals surface area contributed by atoms with E-state index in [1.54, 1.807) is 17.0 Å². The molecule has 8 nitrogen and oxygen atoms in total. The third-order valence-corrected chi connectivity index (χ3v) is 7.73. The Labute approximate surface area is 239 Å². The molecule has 3 aromatic rings. The lowest BCUT2D eigenvalue weighted by molar-refractivity contribution is -0.133. The summed E-state index contributed by atoms with van der Waals surface area (Å²) in [5.41, 5.74) is 3.07. The van der Waals surface area contributed by atoms with E-state index in [4.69, 9.17) is 4.74 Å². The van der Waals surface area contributed by atoms with Crippen LogP contribution < -0.4 is 10.2 Å². The molecule has 2 aliphatic heterocycles. The molecule has 5 rings (SSSR count). The number of nitrogens with zero attached hydrogens (tertiary/aromatic N) is 3. The van der Waals surface area contributed by atoms with Gasteiger partial charge in [-0.3, -0.25) is 14.4 Å². The van der Waals surface area contributed by atoms with Gasteiger partial charge in [0.05, 0.1) is 24.7 Å². The average Bonchev–Trinajstić information content (AvgIpc) is 3.02. The number of halogens is 1. The molecular formula is C32H35FN4O4. The van der Waals surface area contributed by atoms with E-state index >= 15 is 0 Å². The summed E-state index contributed by atoms with van der Waals surface area (Å²) in [5.74, 6) is -0.989. The van der Waals surface area contributed by atoms with Crippen molar-refractivity contribution in [1.29, 1.82) is 0 Å². The molecule has 1 atom stereocenters. The highest BCUT2D eigenvalue weighted by atomic mass is 19.1. The molecule has 2 saturated heterocycles. The summed E-state index contributed by atoms with van der Waals surface area (Å²) in [6.45, 7) is 6.24. The summed E-state index contributed by atoms with van der Waals surface area (Å²) in [7, 11) is 0. The molecule has 2 heterocycles. The number of carbonyl (C=O) groups is 3. The van der Waals surface area contributed by atoms with Gasteiger partial charge in [-0.1, -0.05) is 37.3 Å². The number of ether oxygens (including phenoxy) is 1. The van der Waals surface area contributed by atoms with Crippen molar-refractivity contribution in [3.8, 4) is 0 Å². The highest BCUT2D eigenvalue weighted by Crippen LogP contribution is 2.29. The van der Waals surface area contributed by atoms with E-state index in [1.165, 1.54) is 24.3 Å². The molecule has 9 heteroatoms. The fourth-order valence-electron chi connectivity index (χ4n) is 5.43. The molecule has 0 radical (unpaired) electrons. The van der Waals surface area contributed by atoms with Gasteiger partial charge in [-0.2, -0.15) is 0 Å². The lowest BCUT2D eigenvalue weighted by Gasteiger charge is -2.38. The monoisotopic (exact) mass is 558 g/mol. The number of amides is 3. The first-order chi connectivity index (χ1) is 19.9. The molecule has 0 saturated carbocycles. The van der Waals surface area contributed by atoms with Gasteiger partial charge in [-0.15, -0.1) is 0 Å². The van der Waals surface area contributed by atoms with Crippen LogP contribution >= 0.6 is 0 Å². The summed E-state index contributed by atoms with van der Waals surface area (Å²) in [5, 5.41) is 2.83. The van der Waals surface area contributed by atoms with E-state index in [0.717, 1.165) is 17.7 Å². The minimum absolute atomic E-state index is 0.127. The second-order valence-corrected chi connectivity index (χ2v) is 10.3. The van der Waals surface area contributed by atoms with E-state index in [1.807, 2.05) is 48.2 Å². The van der Waals surface area contributed by atoms with E-state index in [2.05, 4.69) is 10.2 Å². The van der Waals surface area contributed by atoms with Gasteiger partial charge in [0.25, 0.3) is 11.8 Å². The molecule has 0 aliphatic carbocycles. The van der Waals surface area contributed by atoms with Gasteiger partial charge in [-0.05, 0) is 54.4 Å². The third kappa shape index (κ3) is 6.57. The molecule has 3 amide bonds. The van der Waals surface area contributed by atoms with Crippen molar-refractivity contribution in [2.45, 2.75) is 19.3 Å². The van der Waals surface area contributed by atoms with E-state index in [-0.39, 0.29) is 17.7 Å². The largest absolute Gasteiger partial charge is 0.378 e. The van der Waals surface area contributed by atoms with Gasteiger partial charge in [0.2, 0.25) is 5.91 Å². The number of nitrogens with one attached hydrogen (secondary N) is 1. The first-order valence-corrected chi connectivity index (χ1v) is 14.1. The number of hydrogen-bond donors (Lipinski definition) is 1. The van der Waals surface area contributed by atoms with Crippen LogP contribution in [0.3, 0.4) is 0 Å². The first kappa shape index (κ1) is 28.3. The van der Waals surface area contributed by atoms with Crippen LogP contribution in [0.4, 0.5) is 15.8 Å². The Bertz CT molecular complexity index is 1370. The number of morpholine rings is 1. The van der Waals surface area contributed by atoms with Crippen molar-refractivity contribution in [3.05, 3.63) is 95.3 Å². The Balaban J connectivity index is 1.34. The SMILES string of the molecule is CC[C@H](C(=O)N1CCN(c2ccc(NC(=O)c3ccc(F)cc3)cc2C(=O)N2CCOCC2)CC1)c1ccccc1. The molecule has 0 aromatic heterocycles. The molecule has 2 aliphatic rings. The third-order valence-electron chi connectivity index (χ3n) is 7.73. The summed E-state index contributed by atoms with van der Waals surface area (Å²) < 4.78 is 18.7. The normalized spacial score (nSPS) is 16.3. The van der Waals surface area contributed by atoms with Crippen LogP contribution in [0.25, 0.3) is 0 Å².